The van der Waals surface area contributed by atoms with E-state index in [1.54, 1.807) is 18.2 Å². The number of anilines is 1. The minimum atomic E-state index is -1.03. The molecule has 2 aromatic rings. The lowest BCUT2D eigenvalue weighted by atomic mass is 9.85. The van der Waals surface area contributed by atoms with Crippen LogP contribution in [0.25, 0.3) is 0 Å². The van der Waals surface area contributed by atoms with Gasteiger partial charge < -0.3 is 10.4 Å². The van der Waals surface area contributed by atoms with Gasteiger partial charge in [0.2, 0.25) is 0 Å². The van der Waals surface area contributed by atoms with E-state index in [0.717, 1.165) is 5.56 Å². The van der Waals surface area contributed by atoms with Gasteiger partial charge in [-0.1, -0.05) is 54.1 Å². The number of allylic oxidation sites excluding steroid dienone is 2. The summed E-state index contributed by atoms with van der Waals surface area (Å²) in [6.07, 6.45) is 0.914. The van der Waals surface area contributed by atoms with Gasteiger partial charge in [0, 0.05) is 12.1 Å². The maximum Gasteiger partial charge on any atom is 0.337 e. The van der Waals surface area contributed by atoms with Crippen LogP contribution in [0.1, 0.15) is 34.7 Å². The molecule has 0 amide bonds. The molecule has 1 aliphatic carbocycles. The van der Waals surface area contributed by atoms with Crippen LogP contribution in [0.15, 0.2) is 65.3 Å². The van der Waals surface area contributed by atoms with E-state index in [2.05, 4.69) is 5.32 Å². The van der Waals surface area contributed by atoms with Crippen molar-refractivity contribution in [3.63, 3.8) is 0 Å². The number of ketones is 1. The van der Waals surface area contributed by atoms with Crippen molar-refractivity contribution in [1.29, 1.82) is 0 Å². The molecule has 1 unspecified atom stereocenters. The Labute approximate surface area is 144 Å². The predicted octanol–water partition coefficient (Wildman–Crippen LogP) is 4.39. The second kappa shape index (κ2) is 6.89. The van der Waals surface area contributed by atoms with E-state index in [0.29, 0.717) is 24.2 Å². The maximum absolute atomic E-state index is 12.3. The summed E-state index contributed by atoms with van der Waals surface area (Å²) in [6, 6.07) is 16.3. The minimum absolute atomic E-state index is 0.0284. The third-order valence-corrected chi connectivity index (χ3v) is 4.54. The lowest BCUT2D eigenvalue weighted by Gasteiger charge is -2.25. The van der Waals surface area contributed by atoms with Gasteiger partial charge in [0.05, 0.1) is 11.3 Å². The number of carbonyl (C=O) groups excluding carboxylic acids is 1. The summed E-state index contributed by atoms with van der Waals surface area (Å²) in [4.78, 5) is 23.6. The highest BCUT2D eigenvalue weighted by Gasteiger charge is 2.28. The molecule has 0 heterocycles. The van der Waals surface area contributed by atoms with E-state index in [9.17, 15) is 14.7 Å². The Morgan fingerprint density at radius 3 is 2.42 bits per heavy atom. The summed E-state index contributed by atoms with van der Waals surface area (Å²) in [7, 11) is 0. The Kier molecular flexibility index (Phi) is 4.67. The van der Waals surface area contributed by atoms with Crippen molar-refractivity contribution in [2.45, 2.75) is 18.8 Å². The number of carbonyl (C=O) groups is 2. The number of Topliss-reactive ketones (excluding diaryl/α,β-unsaturated/α-hetero) is 1. The molecule has 24 heavy (non-hydrogen) atoms. The molecule has 4 nitrogen and oxygen atoms in total. The van der Waals surface area contributed by atoms with E-state index in [-0.39, 0.29) is 22.3 Å². The zero-order chi connectivity index (χ0) is 17.1. The summed E-state index contributed by atoms with van der Waals surface area (Å²) < 4.78 is 0. The first-order valence-electron chi connectivity index (χ1n) is 7.62. The topological polar surface area (TPSA) is 66.4 Å². The van der Waals surface area contributed by atoms with Crippen molar-refractivity contribution in [3.05, 3.63) is 76.5 Å². The number of benzene rings is 2. The van der Waals surface area contributed by atoms with Crippen molar-refractivity contribution in [1.82, 2.24) is 0 Å². The lowest BCUT2D eigenvalue weighted by Crippen LogP contribution is -2.20. The Hall–Kier alpha value is -2.59. The summed E-state index contributed by atoms with van der Waals surface area (Å²) in [6.45, 7) is 0. The largest absolute Gasteiger partial charge is 0.478 e. The van der Waals surface area contributed by atoms with E-state index >= 15 is 0 Å². The van der Waals surface area contributed by atoms with Gasteiger partial charge in [0.25, 0.3) is 0 Å². The molecule has 3 rings (SSSR count). The van der Waals surface area contributed by atoms with Crippen LogP contribution in [0.5, 0.6) is 0 Å². The third-order valence-electron chi connectivity index (χ3n) is 4.11. The van der Waals surface area contributed by atoms with Crippen LogP contribution >= 0.6 is 11.6 Å². The molecule has 5 heteroatoms. The van der Waals surface area contributed by atoms with E-state index in [1.807, 2.05) is 30.3 Å². The van der Waals surface area contributed by atoms with E-state index < -0.39 is 5.97 Å². The number of hydrogen-bond acceptors (Lipinski definition) is 3. The second-order valence-corrected chi connectivity index (χ2v) is 6.09. The minimum Gasteiger partial charge on any atom is -0.478 e. The maximum atomic E-state index is 12.3. The van der Waals surface area contributed by atoms with E-state index in [1.165, 1.54) is 6.07 Å². The van der Waals surface area contributed by atoms with Crippen molar-refractivity contribution >= 4 is 29.0 Å². The number of aromatic carboxylic acids is 1. The fourth-order valence-electron chi connectivity index (χ4n) is 2.90. The van der Waals surface area contributed by atoms with Gasteiger partial charge in [0.1, 0.15) is 5.03 Å². The fraction of sp³-hybridized carbons (Fsp3) is 0.158. The highest BCUT2D eigenvalue weighted by molar-refractivity contribution is 6.43. The predicted molar refractivity (Wildman–Crippen MR) is 93.3 cm³/mol. The number of para-hydroxylation sites is 1. The molecule has 0 radical (unpaired) electrons. The highest BCUT2D eigenvalue weighted by atomic mass is 35.5. The molecule has 1 atom stereocenters. The number of carboxylic acids is 1. The SMILES string of the molecule is O=C1CC(c2ccccc2)CC(Nc2ccccc2C(=O)O)=C1Cl. The smallest absolute Gasteiger partial charge is 0.337 e. The zero-order valence-corrected chi connectivity index (χ0v) is 13.6. The van der Waals surface area contributed by atoms with Gasteiger partial charge in [-0.15, -0.1) is 0 Å². The molecule has 2 aromatic carbocycles. The molecule has 0 saturated heterocycles. The van der Waals surface area contributed by atoms with Crippen molar-refractivity contribution in [3.8, 4) is 0 Å². The fourth-order valence-corrected chi connectivity index (χ4v) is 3.10. The van der Waals surface area contributed by atoms with Gasteiger partial charge in [0.15, 0.2) is 5.78 Å². The summed E-state index contributed by atoms with van der Waals surface area (Å²) in [5.41, 5.74) is 2.21. The first-order chi connectivity index (χ1) is 11.6. The first-order valence-corrected chi connectivity index (χ1v) is 8.00. The summed E-state index contributed by atoms with van der Waals surface area (Å²) >= 11 is 6.19. The Balaban J connectivity index is 1.91. The average molecular weight is 342 g/mol. The second-order valence-electron chi connectivity index (χ2n) is 5.71. The van der Waals surface area contributed by atoms with Gasteiger partial charge in [-0.2, -0.15) is 0 Å². The summed E-state index contributed by atoms with van der Waals surface area (Å²) in [5, 5.41) is 12.5. The van der Waals surface area contributed by atoms with Gasteiger partial charge >= 0.3 is 5.97 Å². The van der Waals surface area contributed by atoms with Gasteiger partial charge in [-0.05, 0) is 30.0 Å². The molecule has 0 aromatic heterocycles. The van der Waals surface area contributed by atoms with Crippen LogP contribution in [-0.2, 0) is 4.79 Å². The number of rotatable bonds is 4. The van der Waals surface area contributed by atoms with Crippen molar-refractivity contribution < 1.29 is 14.7 Å². The van der Waals surface area contributed by atoms with Crippen LogP contribution in [0.2, 0.25) is 0 Å². The Bertz CT molecular complexity index is 814. The van der Waals surface area contributed by atoms with Crippen LogP contribution < -0.4 is 5.32 Å². The molecule has 0 bridgehead atoms. The molecular formula is C19H16ClNO3. The quantitative estimate of drug-likeness (QED) is 0.865. The highest BCUT2D eigenvalue weighted by Crippen LogP contribution is 2.36. The standard InChI is InChI=1S/C19H16ClNO3/c20-18-16(21-15-9-5-4-8-14(15)19(23)24)10-13(11-17(18)22)12-6-2-1-3-7-12/h1-9,13,21H,10-11H2,(H,23,24). The molecule has 1 aliphatic rings. The first kappa shape index (κ1) is 16.3. The molecule has 0 spiro atoms. The Morgan fingerprint density at radius 1 is 1.04 bits per heavy atom. The van der Waals surface area contributed by atoms with Gasteiger partial charge in [-0.25, -0.2) is 4.79 Å². The van der Waals surface area contributed by atoms with Crippen LogP contribution in [-0.4, -0.2) is 16.9 Å². The monoisotopic (exact) mass is 341 g/mol. The number of halogens is 1. The molecule has 0 saturated carbocycles. The third kappa shape index (κ3) is 3.34. The van der Waals surface area contributed by atoms with Crippen LogP contribution in [0.4, 0.5) is 5.69 Å². The number of carboxylic acid groups (broad SMARTS) is 1. The van der Waals surface area contributed by atoms with Crippen LogP contribution in [0, 0.1) is 0 Å². The normalized spacial score (nSPS) is 17.7. The van der Waals surface area contributed by atoms with Crippen molar-refractivity contribution in [2.75, 3.05) is 5.32 Å². The summed E-state index contributed by atoms with van der Waals surface area (Å²) in [5.74, 6) is -1.13. The lowest BCUT2D eigenvalue weighted by molar-refractivity contribution is -0.115. The number of hydrogen-bond donors (Lipinski definition) is 2. The van der Waals surface area contributed by atoms with E-state index in [4.69, 9.17) is 11.6 Å². The number of nitrogens with one attached hydrogen (secondary N) is 1. The zero-order valence-electron chi connectivity index (χ0n) is 12.8. The molecule has 2 N–H and O–H groups in total. The average Bonchev–Trinajstić information content (AvgIpc) is 2.60. The van der Waals surface area contributed by atoms with Crippen LogP contribution in [0.3, 0.4) is 0 Å². The molecule has 122 valence electrons. The van der Waals surface area contributed by atoms with Gasteiger partial charge in [-0.3, -0.25) is 4.79 Å². The Morgan fingerprint density at radius 2 is 1.71 bits per heavy atom. The van der Waals surface area contributed by atoms with Crippen molar-refractivity contribution in [2.24, 2.45) is 0 Å². The molecular weight excluding hydrogens is 326 g/mol. The molecule has 0 aliphatic heterocycles. The molecule has 0 fully saturated rings.